The zero-order chi connectivity index (χ0) is 9.26. The number of rotatable bonds is 1. The lowest BCUT2D eigenvalue weighted by Crippen LogP contribution is -2.11. The quantitative estimate of drug-likeness (QED) is 0.661. The van der Waals surface area contributed by atoms with Gasteiger partial charge in [0.25, 0.3) is 0 Å². The van der Waals surface area contributed by atoms with Crippen LogP contribution in [0.5, 0.6) is 0 Å². The van der Waals surface area contributed by atoms with Crippen molar-refractivity contribution in [3.05, 3.63) is 47.2 Å². The minimum Gasteiger partial charge on any atom is -0.512 e. The Morgan fingerprint density at radius 1 is 1.38 bits per heavy atom. The van der Waals surface area contributed by atoms with Crippen LogP contribution in [-0.2, 0) is 11.2 Å². The van der Waals surface area contributed by atoms with Gasteiger partial charge in [0, 0.05) is 0 Å². The molecular formula is C11H10O2. The molecule has 1 aliphatic rings. The Bertz CT molecular complexity index is 366. The molecule has 1 N–H and O–H groups in total. The SMILES string of the molecule is O=CC1C(O)=CCc2ccccc21. The van der Waals surface area contributed by atoms with E-state index in [1.54, 1.807) is 6.08 Å². The Morgan fingerprint density at radius 2 is 2.15 bits per heavy atom. The van der Waals surface area contributed by atoms with Crippen LogP contribution < -0.4 is 0 Å². The number of fused-ring (bicyclic) bond motifs is 1. The van der Waals surface area contributed by atoms with E-state index in [0.717, 1.165) is 17.4 Å². The average molecular weight is 174 g/mol. The van der Waals surface area contributed by atoms with E-state index in [-0.39, 0.29) is 5.76 Å². The number of carbonyl (C=O) groups is 1. The summed E-state index contributed by atoms with van der Waals surface area (Å²) < 4.78 is 0. The summed E-state index contributed by atoms with van der Waals surface area (Å²) in [5.41, 5.74) is 2.05. The standard InChI is InChI=1S/C11H10O2/c12-7-10-9-4-2-1-3-8(9)5-6-11(10)13/h1-4,6-7,10,13H,5H2. The van der Waals surface area contributed by atoms with Crippen LogP contribution in [-0.4, -0.2) is 11.4 Å². The Kier molecular flexibility index (Phi) is 1.89. The first-order chi connectivity index (χ1) is 6.33. The van der Waals surface area contributed by atoms with Crippen molar-refractivity contribution >= 4 is 6.29 Å². The summed E-state index contributed by atoms with van der Waals surface area (Å²) >= 11 is 0. The van der Waals surface area contributed by atoms with Gasteiger partial charge in [-0.05, 0) is 23.6 Å². The van der Waals surface area contributed by atoms with E-state index in [0.29, 0.717) is 6.42 Å². The maximum atomic E-state index is 10.7. The smallest absolute Gasteiger partial charge is 0.135 e. The zero-order valence-corrected chi connectivity index (χ0v) is 7.10. The molecule has 13 heavy (non-hydrogen) atoms. The third-order valence-electron chi connectivity index (χ3n) is 2.38. The number of aliphatic hydroxyl groups is 1. The largest absolute Gasteiger partial charge is 0.512 e. The number of aldehydes is 1. The van der Waals surface area contributed by atoms with Crippen molar-refractivity contribution in [1.29, 1.82) is 0 Å². The Labute approximate surface area is 76.5 Å². The lowest BCUT2D eigenvalue weighted by atomic mass is 9.87. The number of benzene rings is 1. The van der Waals surface area contributed by atoms with Gasteiger partial charge >= 0.3 is 0 Å². The summed E-state index contributed by atoms with van der Waals surface area (Å²) in [5, 5.41) is 9.45. The van der Waals surface area contributed by atoms with Crippen molar-refractivity contribution in [2.75, 3.05) is 0 Å². The monoisotopic (exact) mass is 174 g/mol. The second-order valence-electron chi connectivity index (χ2n) is 3.15. The molecule has 0 amide bonds. The van der Waals surface area contributed by atoms with Gasteiger partial charge in [-0.2, -0.15) is 0 Å². The molecule has 0 saturated heterocycles. The highest BCUT2D eigenvalue weighted by Gasteiger charge is 2.21. The van der Waals surface area contributed by atoms with Gasteiger partial charge in [-0.25, -0.2) is 0 Å². The van der Waals surface area contributed by atoms with Crippen molar-refractivity contribution in [3.63, 3.8) is 0 Å². The normalized spacial score (nSPS) is 20.3. The summed E-state index contributed by atoms with van der Waals surface area (Å²) in [7, 11) is 0. The molecule has 0 aromatic heterocycles. The van der Waals surface area contributed by atoms with E-state index < -0.39 is 5.92 Å². The van der Waals surface area contributed by atoms with Crippen molar-refractivity contribution in [2.24, 2.45) is 0 Å². The number of hydrogen-bond acceptors (Lipinski definition) is 2. The zero-order valence-electron chi connectivity index (χ0n) is 7.10. The highest BCUT2D eigenvalue weighted by atomic mass is 16.3. The van der Waals surface area contributed by atoms with Crippen LogP contribution in [0.4, 0.5) is 0 Å². The Balaban J connectivity index is 2.52. The molecule has 0 spiro atoms. The number of allylic oxidation sites excluding steroid dienone is 2. The molecule has 66 valence electrons. The first kappa shape index (κ1) is 8.05. The van der Waals surface area contributed by atoms with Crippen molar-refractivity contribution < 1.29 is 9.90 Å². The van der Waals surface area contributed by atoms with Crippen LogP contribution in [0.3, 0.4) is 0 Å². The fourth-order valence-electron chi connectivity index (χ4n) is 1.67. The highest BCUT2D eigenvalue weighted by Crippen LogP contribution is 2.28. The summed E-state index contributed by atoms with van der Waals surface area (Å²) in [5.74, 6) is -0.279. The number of hydrogen-bond donors (Lipinski definition) is 1. The molecule has 0 bridgehead atoms. The summed E-state index contributed by atoms with van der Waals surface area (Å²) in [6.45, 7) is 0. The molecule has 1 aromatic carbocycles. The van der Waals surface area contributed by atoms with Gasteiger partial charge in [0.1, 0.15) is 12.0 Å². The topological polar surface area (TPSA) is 37.3 Å². The molecule has 2 heteroatoms. The molecule has 0 radical (unpaired) electrons. The molecule has 1 aromatic rings. The lowest BCUT2D eigenvalue weighted by Gasteiger charge is -2.18. The third-order valence-corrected chi connectivity index (χ3v) is 2.38. The van der Waals surface area contributed by atoms with Crippen molar-refractivity contribution in [3.8, 4) is 0 Å². The molecule has 2 rings (SSSR count). The molecule has 0 aliphatic heterocycles. The van der Waals surface area contributed by atoms with Gasteiger partial charge in [0.05, 0.1) is 5.92 Å². The Morgan fingerprint density at radius 3 is 2.92 bits per heavy atom. The van der Waals surface area contributed by atoms with Crippen LogP contribution in [0.1, 0.15) is 17.0 Å². The molecule has 1 atom stereocenters. The second-order valence-corrected chi connectivity index (χ2v) is 3.15. The summed E-state index contributed by atoms with van der Waals surface area (Å²) in [4.78, 5) is 10.7. The first-order valence-electron chi connectivity index (χ1n) is 4.25. The summed E-state index contributed by atoms with van der Waals surface area (Å²) in [6.07, 6.45) is 3.19. The van der Waals surface area contributed by atoms with Crippen molar-refractivity contribution in [1.82, 2.24) is 0 Å². The maximum absolute atomic E-state index is 10.7. The third kappa shape index (κ3) is 1.24. The van der Waals surface area contributed by atoms with Crippen LogP contribution in [0.2, 0.25) is 0 Å². The number of carbonyl (C=O) groups excluding carboxylic acids is 1. The fourth-order valence-corrected chi connectivity index (χ4v) is 1.67. The highest BCUT2D eigenvalue weighted by molar-refractivity contribution is 5.68. The molecular weight excluding hydrogens is 164 g/mol. The predicted octanol–water partition coefficient (Wildman–Crippen LogP) is 1.97. The van der Waals surface area contributed by atoms with E-state index in [2.05, 4.69) is 0 Å². The first-order valence-corrected chi connectivity index (χ1v) is 4.25. The fraction of sp³-hybridized carbons (Fsp3) is 0.182. The average Bonchev–Trinajstić information content (AvgIpc) is 2.18. The van der Waals surface area contributed by atoms with Crippen LogP contribution in [0, 0.1) is 0 Å². The lowest BCUT2D eigenvalue weighted by molar-refractivity contribution is -0.108. The molecule has 0 fully saturated rings. The second kappa shape index (κ2) is 3.05. The minimum absolute atomic E-state index is 0.175. The van der Waals surface area contributed by atoms with Gasteiger partial charge in [-0.3, -0.25) is 0 Å². The van der Waals surface area contributed by atoms with Crippen LogP contribution in [0.15, 0.2) is 36.1 Å². The van der Waals surface area contributed by atoms with E-state index in [4.69, 9.17) is 0 Å². The van der Waals surface area contributed by atoms with E-state index >= 15 is 0 Å². The molecule has 2 nitrogen and oxygen atoms in total. The van der Waals surface area contributed by atoms with E-state index in [9.17, 15) is 9.90 Å². The number of aliphatic hydroxyl groups excluding tert-OH is 1. The van der Waals surface area contributed by atoms with Gasteiger partial charge in [0.2, 0.25) is 0 Å². The van der Waals surface area contributed by atoms with Crippen LogP contribution >= 0.6 is 0 Å². The van der Waals surface area contributed by atoms with E-state index in [1.807, 2.05) is 24.3 Å². The molecule has 0 saturated carbocycles. The van der Waals surface area contributed by atoms with Gasteiger partial charge < -0.3 is 9.90 Å². The predicted molar refractivity (Wildman–Crippen MR) is 49.7 cm³/mol. The van der Waals surface area contributed by atoms with Crippen molar-refractivity contribution in [2.45, 2.75) is 12.3 Å². The van der Waals surface area contributed by atoms with Gasteiger partial charge in [0.15, 0.2) is 0 Å². The molecule has 1 aliphatic carbocycles. The Hall–Kier alpha value is -1.57. The van der Waals surface area contributed by atoms with E-state index in [1.165, 1.54) is 0 Å². The van der Waals surface area contributed by atoms with Gasteiger partial charge in [-0.15, -0.1) is 0 Å². The molecule has 1 unspecified atom stereocenters. The maximum Gasteiger partial charge on any atom is 0.135 e. The summed E-state index contributed by atoms with van der Waals surface area (Å²) in [6, 6.07) is 7.69. The molecule has 0 heterocycles. The van der Waals surface area contributed by atoms with Crippen LogP contribution in [0.25, 0.3) is 0 Å². The minimum atomic E-state index is -0.454. The van der Waals surface area contributed by atoms with Gasteiger partial charge in [-0.1, -0.05) is 24.3 Å².